The molecule has 0 fully saturated rings. The smallest absolute Gasteiger partial charge is 0.124 e. The minimum Gasteiger partial charge on any atom is -0.370 e. The van der Waals surface area contributed by atoms with E-state index in [1.165, 1.54) is 10.9 Å². The zero-order valence-electron chi connectivity index (χ0n) is 13.1. The lowest BCUT2D eigenvalue weighted by molar-refractivity contribution is 0.393. The van der Waals surface area contributed by atoms with Crippen molar-refractivity contribution in [1.29, 1.82) is 0 Å². The molecule has 2 N–H and O–H groups in total. The van der Waals surface area contributed by atoms with Gasteiger partial charge in [0, 0.05) is 43.2 Å². The van der Waals surface area contributed by atoms with Crippen LogP contribution in [0.25, 0.3) is 10.9 Å². The summed E-state index contributed by atoms with van der Waals surface area (Å²) >= 11 is 0. The van der Waals surface area contributed by atoms with Gasteiger partial charge >= 0.3 is 0 Å². The van der Waals surface area contributed by atoms with Crippen molar-refractivity contribution < 1.29 is 0 Å². The molecule has 1 aliphatic heterocycles. The molecule has 3 aromatic rings. The molecule has 0 unspecified atom stereocenters. The Labute approximate surface area is 135 Å². The summed E-state index contributed by atoms with van der Waals surface area (Å²) in [6.45, 7) is 3.97. The monoisotopic (exact) mass is 307 g/mol. The molecule has 23 heavy (non-hydrogen) atoms. The molecule has 0 amide bonds. The number of hydrogen-bond donors (Lipinski definition) is 2. The van der Waals surface area contributed by atoms with Gasteiger partial charge in [0.1, 0.15) is 5.82 Å². The van der Waals surface area contributed by atoms with Crippen molar-refractivity contribution in [1.82, 2.24) is 20.1 Å². The van der Waals surface area contributed by atoms with Gasteiger partial charge in [0.25, 0.3) is 0 Å². The van der Waals surface area contributed by atoms with Crippen LogP contribution in [0.3, 0.4) is 0 Å². The fraction of sp³-hybridized carbons (Fsp3) is 0.333. The summed E-state index contributed by atoms with van der Waals surface area (Å²) in [5.41, 5.74) is 2.43. The minimum atomic E-state index is 0.577. The van der Waals surface area contributed by atoms with Gasteiger partial charge in [-0.2, -0.15) is 5.10 Å². The average Bonchev–Trinajstić information content (AvgIpc) is 3.06. The van der Waals surface area contributed by atoms with E-state index in [0.717, 1.165) is 43.9 Å². The predicted octanol–water partition coefficient (Wildman–Crippen LogP) is 2.31. The summed E-state index contributed by atoms with van der Waals surface area (Å²) in [6.07, 6.45) is 4.72. The first-order chi connectivity index (χ1) is 11.4. The van der Waals surface area contributed by atoms with E-state index in [1.54, 1.807) is 0 Å². The first-order valence-corrected chi connectivity index (χ1v) is 8.19. The molecule has 3 heterocycles. The van der Waals surface area contributed by atoms with Crippen molar-refractivity contribution in [2.24, 2.45) is 5.92 Å². The van der Waals surface area contributed by atoms with Crippen LogP contribution in [0, 0.1) is 5.92 Å². The van der Waals surface area contributed by atoms with E-state index in [4.69, 9.17) is 0 Å². The molecule has 2 aromatic heterocycles. The molecule has 4 rings (SSSR count). The lowest BCUT2D eigenvalue weighted by Gasteiger charge is -2.25. The normalized spacial score (nSPS) is 17.0. The summed E-state index contributed by atoms with van der Waals surface area (Å²) in [6, 6.07) is 12.5. The lowest BCUT2D eigenvalue weighted by atomic mass is 10.1. The Kier molecular flexibility index (Phi) is 3.94. The molecule has 0 radical (unpaired) electrons. The van der Waals surface area contributed by atoms with E-state index >= 15 is 0 Å². The summed E-state index contributed by atoms with van der Waals surface area (Å²) in [4.78, 5) is 4.52. The van der Waals surface area contributed by atoms with Gasteiger partial charge in [0.15, 0.2) is 0 Å². The number of nitrogens with one attached hydrogen (secondary N) is 2. The Hall–Kier alpha value is -2.40. The largest absolute Gasteiger partial charge is 0.370 e. The van der Waals surface area contributed by atoms with Crippen LogP contribution in [0.1, 0.15) is 5.56 Å². The number of hydrogen-bond acceptors (Lipinski definition) is 4. The highest BCUT2D eigenvalue weighted by atomic mass is 15.3. The zero-order chi connectivity index (χ0) is 15.5. The number of fused-ring (bicyclic) bond motifs is 2. The Balaban J connectivity index is 1.31. The van der Waals surface area contributed by atoms with Gasteiger partial charge < -0.3 is 10.6 Å². The number of benzene rings is 1. The molecule has 0 aliphatic carbocycles. The van der Waals surface area contributed by atoms with Crippen molar-refractivity contribution in [3.8, 4) is 0 Å². The standard InChI is InChI=1S/C18H21N5/c1-3-15-5-2-8-20-18(15)16(4-1)6-9-19-11-14-12-21-17-7-10-22-23(17)13-14/h1-5,7-8,10,14,19,21H,6,9,11-13H2/t14-/m1/s1. The third kappa shape index (κ3) is 3.05. The van der Waals surface area contributed by atoms with Gasteiger partial charge in [-0.15, -0.1) is 0 Å². The fourth-order valence-corrected chi connectivity index (χ4v) is 3.22. The highest BCUT2D eigenvalue weighted by molar-refractivity contribution is 5.81. The molecule has 118 valence electrons. The molecule has 1 atom stereocenters. The second kappa shape index (κ2) is 6.38. The highest BCUT2D eigenvalue weighted by Crippen LogP contribution is 2.17. The van der Waals surface area contributed by atoms with E-state index in [-0.39, 0.29) is 0 Å². The van der Waals surface area contributed by atoms with E-state index < -0.39 is 0 Å². The van der Waals surface area contributed by atoms with E-state index in [9.17, 15) is 0 Å². The highest BCUT2D eigenvalue weighted by Gasteiger charge is 2.17. The quantitative estimate of drug-likeness (QED) is 0.710. The fourth-order valence-electron chi connectivity index (χ4n) is 3.22. The molecular formula is C18H21N5. The van der Waals surface area contributed by atoms with Crippen LogP contribution < -0.4 is 10.6 Å². The Morgan fingerprint density at radius 1 is 1.17 bits per heavy atom. The number of pyridine rings is 1. The van der Waals surface area contributed by atoms with Gasteiger partial charge in [-0.1, -0.05) is 24.3 Å². The SMILES string of the molecule is c1cnc2c(CCNC[C@@H]3CNc4ccnn4C3)cccc2c1. The van der Waals surface area contributed by atoms with Gasteiger partial charge in [0.2, 0.25) is 0 Å². The van der Waals surface area contributed by atoms with Gasteiger partial charge in [-0.05, 0) is 24.6 Å². The Morgan fingerprint density at radius 2 is 2.13 bits per heavy atom. The molecule has 5 nitrogen and oxygen atoms in total. The number of rotatable bonds is 5. The van der Waals surface area contributed by atoms with E-state index in [1.807, 2.05) is 29.2 Å². The Morgan fingerprint density at radius 3 is 3.13 bits per heavy atom. The number of aromatic nitrogens is 3. The van der Waals surface area contributed by atoms with Crippen LogP contribution in [0.15, 0.2) is 48.8 Å². The second-order valence-electron chi connectivity index (χ2n) is 6.09. The van der Waals surface area contributed by atoms with E-state index in [0.29, 0.717) is 5.92 Å². The van der Waals surface area contributed by atoms with Crippen LogP contribution >= 0.6 is 0 Å². The first-order valence-electron chi connectivity index (χ1n) is 8.19. The predicted molar refractivity (Wildman–Crippen MR) is 92.5 cm³/mol. The molecule has 1 aliphatic rings. The molecule has 1 aromatic carbocycles. The number of nitrogens with zero attached hydrogens (tertiary/aromatic N) is 3. The molecule has 0 spiro atoms. The maximum absolute atomic E-state index is 4.52. The van der Waals surface area contributed by atoms with Gasteiger partial charge in [0.05, 0.1) is 11.7 Å². The second-order valence-corrected chi connectivity index (χ2v) is 6.09. The van der Waals surface area contributed by atoms with Crippen LogP contribution in [0.5, 0.6) is 0 Å². The average molecular weight is 307 g/mol. The Bertz CT molecular complexity index is 789. The molecule has 0 saturated carbocycles. The minimum absolute atomic E-state index is 0.577. The van der Waals surface area contributed by atoms with Crippen molar-refractivity contribution in [2.45, 2.75) is 13.0 Å². The summed E-state index contributed by atoms with van der Waals surface area (Å²) < 4.78 is 2.05. The van der Waals surface area contributed by atoms with Crippen LogP contribution in [-0.4, -0.2) is 34.4 Å². The third-order valence-corrected chi connectivity index (χ3v) is 4.44. The van der Waals surface area contributed by atoms with Crippen molar-refractivity contribution in [3.63, 3.8) is 0 Å². The molecular weight excluding hydrogens is 286 g/mol. The van der Waals surface area contributed by atoms with Crippen molar-refractivity contribution >= 4 is 16.7 Å². The van der Waals surface area contributed by atoms with Crippen molar-refractivity contribution in [2.75, 3.05) is 25.0 Å². The van der Waals surface area contributed by atoms with Gasteiger partial charge in [-0.3, -0.25) is 4.98 Å². The van der Waals surface area contributed by atoms with E-state index in [2.05, 4.69) is 45.0 Å². The molecule has 0 bridgehead atoms. The van der Waals surface area contributed by atoms with Crippen molar-refractivity contribution in [3.05, 3.63) is 54.4 Å². The van der Waals surface area contributed by atoms with Gasteiger partial charge in [-0.25, -0.2) is 4.68 Å². The topological polar surface area (TPSA) is 54.8 Å². The summed E-state index contributed by atoms with van der Waals surface area (Å²) in [5, 5.41) is 12.6. The zero-order valence-corrected chi connectivity index (χ0v) is 13.1. The molecule has 5 heteroatoms. The van der Waals surface area contributed by atoms with Crippen LogP contribution in [-0.2, 0) is 13.0 Å². The lowest BCUT2D eigenvalue weighted by Crippen LogP contribution is -2.36. The number of anilines is 1. The number of para-hydroxylation sites is 1. The maximum atomic E-state index is 4.52. The maximum Gasteiger partial charge on any atom is 0.124 e. The molecule has 0 saturated heterocycles. The summed E-state index contributed by atoms with van der Waals surface area (Å²) in [7, 11) is 0. The summed E-state index contributed by atoms with van der Waals surface area (Å²) in [5.74, 6) is 1.70. The third-order valence-electron chi connectivity index (χ3n) is 4.44. The van der Waals surface area contributed by atoms with Crippen LogP contribution in [0.2, 0.25) is 0 Å². The first kappa shape index (κ1) is 14.2. The van der Waals surface area contributed by atoms with Crippen LogP contribution in [0.4, 0.5) is 5.82 Å².